The lowest BCUT2D eigenvalue weighted by Crippen LogP contribution is -2.50. The second-order valence-electron chi connectivity index (χ2n) is 7.24. The molecular weight excluding hydrogens is 387 g/mol. The quantitative estimate of drug-likeness (QED) is 0.667. The molecule has 0 fully saturated rings. The van der Waals surface area contributed by atoms with E-state index >= 15 is 0 Å². The van der Waals surface area contributed by atoms with E-state index < -0.39 is 23.4 Å². The molecule has 4 rings (SSSR count). The highest BCUT2D eigenvalue weighted by Crippen LogP contribution is 2.44. The van der Waals surface area contributed by atoms with E-state index in [0.717, 1.165) is 34.5 Å². The Kier molecular flexibility index (Phi) is 4.95. The van der Waals surface area contributed by atoms with Crippen LogP contribution in [-0.2, 0) is 15.1 Å². The minimum atomic E-state index is -1.86. The predicted octanol–water partition coefficient (Wildman–Crippen LogP) is 4.06. The maximum atomic E-state index is 13.2. The Morgan fingerprint density at radius 2 is 1.67 bits per heavy atom. The highest BCUT2D eigenvalue weighted by Gasteiger charge is 2.39. The van der Waals surface area contributed by atoms with Crippen molar-refractivity contribution in [2.45, 2.75) is 18.4 Å². The lowest BCUT2D eigenvalue weighted by molar-refractivity contribution is -0.144. The Hall–Kier alpha value is -3.74. The highest BCUT2D eigenvalue weighted by atomic mass is 19.1. The molecule has 0 bridgehead atoms. The molecule has 30 heavy (non-hydrogen) atoms. The molecule has 0 radical (unpaired) electrons. The third-order valence-corrected chi connectivity index (χ3v) is 5.36. The van der Waals surface area contributed by atoms with Crippen molar-refractivity contribution in [1.29, 1.82) is 0 Å². The Morgan fingerprint density at radius 3 is 2.20 bits per heavy atom. The van der Waals surface area contributed by atoms with Gasteiger partial charge in [-0.05, 0) is 41.3 Å². The third-order valence-electron chi connectivity index (χ3n) is 5.36. The summed E-state index contributed by atoms with van der Waals surface area (Å²) in [4.78, 5) is 28.1. The van der Waals surface area contributed by atoms with Crippen LogP contribution < -0.4 is 5.32 Å². The van der Waals surface area contributed by atoms with E-state index in [1.54, 1.807) is 0 Å². The standard InChI is InChI=1S/C23H19FN2O4/c1-23(21(27)28,20-11-10-14(24)12-25-20)26-22(29)30-13-19-17-8-4-2-6-15(17)16-7-3-5-9-18(16)19/h2-12,19H,13H2,1H3,(H,26,29)(H,27,28). The topological polar surface area (TPSA) is 88.5 Å². The van der Waals surface area contributed by atoms with Gasteiger partial charge in [0.2, 0.25) is 0 Å². The summed E-state index contributed by atoms with van der Waals surface area (Å²) < 4.78 is 18.6. The number of hydrogen-bond acceptors (Lipinski definition) is 4. The Balaban J connectivity index is 1.52. The Bertz CT molecular complexity index is 1070. The molecule has 0 saturated carbocycles. The lowest BCUT2D eigenvalue weighted by Gasteiger charge is -2.25. The van der Waals surface area contributed by atoms with Gasteiger partial charge in [-0.2, -0.15) is 0 Å². The van der Waals surface area contributed by atoms with Gasteiger partial charge in [0.15, 0.2) is 5.54 Å². The van der Waals surface area contributed by atoms with Gasteiger partial charge in [0, 0.05) is 5.92 Å². The molecule has 1 atom stereocenters. The molecule has 0 aliphatic heterocycles. The molecule has 0 spiro atoms. The van der Waals surface area contributed by atoms with E-state index in [1.165, 1.54) is 13.0 Å². The fourth-order valence-electron chi connectivity index (χ4n) is 3.74. The van der Waals surface area contributed by atoms with E-state index in [2.05, 4.69) is 10.3 Å². The molecule has 152 valence electrons. The maximum Gasteiger partial charge on any atom is 0.408 e. The van der Waals surface area contributed by atoms with Gasteiger partial charge in [0.25, 0.3) is 0 Å². The number of carbonyl (C=O) groups excluding carboxylic acids is 1. The van der Waals surface area contributed by atoms with Crippen molar-refractivity contribution in [2.75, 3.05) is 6.61 Å². The summed E-state index contributed by atoms with van der Waals surface area (Å²) in [6.45, 7) is 1.32. The first-order chi connectivity index (χ1) is 14.4. The number of carboxylic acid groups (broad SMARTS) is 1. The van der Waals surface area contributed by atoms with Crippen molar-refractivity contribution in [3.05, 3.63) is 89.5 Å². The SMILES string of the molecule is CC(NC(=O)OCC1c2ccccc2-c2ccccc21)(C(=O)O)c1ccc(F)cn1. The van der Waals surface area contributed by atoms with Crippen LogP contribution in [-0.4, -0.2) is 28.8 Å². The molecule has 1 amide bonds. The fourth-order valence-corrected chi connectivity index (χ4v) is 3.74. The van der Waals surface area contributed by atoms with Crippen LogP contribution in [0.5, 0.6) is 0 Å². The summed E-state index contributed by atoms with van der Waals surface area (Å²) in [6, 6.07) is 18.1. The third kappa shape index (κ3) is 3.39. The number of rotatable bonds is 5. The number of hydrogen-bond donors (Lipinski definition) is 2. The first-order valence-corrected chi connectivity index (χ1v) is 9.39. The maximum absolute atomic E-state index is 13.2. The number of amides is 1. The van der Waals surface area contributed by atoms with Crippen LogP contribution in [0, 0.1) is 5.82 Å². The zero-order valence-electron chi connectivity index (χ0n) is 16.1. The first-order valence-electron chi connectivity index (χ1n) is 9.39. The van der Waals surface area contributed by atoms with Crippen molar-refractivity contribution in [2.24, 2.45) is 0 Å². The molecule has 2 aromatic carbocycles. The van der Waals surface area contributed by atoms with Gasteiger partial charge >= 0.3 is 12.1 Å². The van der Waals surface area contributed by atoms with Crippen LogP contribution >= 0.6 is 0 Å². The van der Waals surface area contributed by atoms with Gasteiger partial charge in [0.1, 0.15) is 12.4 Å². The number of carbonyl (C=O) groups is 2. The van der Waals surface area contributed by atoms with Crippen LogP contribution in [0.3, 0.4) is 0 Å². The predicted molar refractivity (Wildman–Crippen MR) is 107 cm³/mol. The van der Waals surface area contributed by atoms with Crippen LogP contribution in [0.25, 0.3) is 11.1 Å². The molecule has 2 N–H and O–H groups in total. The molecule has 1 unspecified atom stereocenters. The molecule has 0 saturated heterocycles. The van der Waals surface area contributed by atoms with E-state index in [0.29, 0.717) is 0 Å². The number of alkyl carbamates (subject to hydrolysis) is 1. The van der Waals surface area contributed by atoms with Gasteiger partial charge in [-0.15, -0.1) is 0 Å². The molecule has 7 heteroatoms. The fraction of sp³-hybridized carbons (Fsp3) is 0.174. The van der Waals surface area contributed by atoms with Crippen LogP contribution in [0.4, 0.5) is 9.18 Å². The summed E-state index contributed by atoms with van der Waals surface area (Å²) in [5.41, 5.74) is 2.40. The van der Waals surface area contributed by atoms with Crippen LogP contribution in [0.1, 0.15) is 29.7 Å². The van der Waals surface area contributed by atoms with Crippen molar-refractivity contribution < 1.29 is 23.8 Å². The van der Waals surface area contributed by atoms with Crippen LogP contribution in [0.15, 0.2) is 66.9 Å². The number of nitrogens with one attached hydrogen (secondary N) is 1. The van der Waals surface area contributed by atoms with E-state index in [1.807, 2.05) is 48.5 Å². The average Bonchev–Trinajstić information content (AvgIpc) is 3.06. The summed E-state index contributed by atoms with van der Waals surface area (Å²) in [6.07, 6.45) is 0.00326. The average molecular weight is 406 g/mol. The second-order valence-corrected chi connectivity index (χ2v) is 7.24. The number of fused-ring (bicyclic) bond motifs is 3. The van der Waals surface area contributed by atoms with Gasteiger partial charge in [-0.25, -0.2) is 14.0 Å². The van der Waals surface area contributed by atoms with Crippen molar-refractivity contribution in [3.8, 4) is 11.1 Å². The largest absolute Gasteiger partial charge is 0.479 e. The second kappa shape index (κ2) is 7.59. The van der Waals surface area contributed by atoms with E-state index in [9.17, 15) is 19.1 Å². The number of carboxylic acids is 1. The number of ether oxygens (including phenoxy) is 1. The molecule has 1 aliphatic rings. The zero-order chi connectivity index (χ0) is 21.3. The normalized spacial score (nSPS) is 14.3. The van der Waals surface area contributed by atoms with Crippen LogP contribution in [0.2, 0.25) is 0 Å². The molecule has 3 aromatic rings. The molecule has 6 nitrogen and oxygen atoms in total. The number of halogens is 1. The van der Waals surface area contributed by atoms with E-state index in [-0.39, 0.29) is 18.2 Å². The first kappa shape index (κ1) is 19.6. The van der Waals surface area contributed by atoms with Crippen molar-refractivity contribution in [1.82, 2.24) is 10.3 Å². The van der Waals surface area contributed by atoms with Gasteiger partial charge < -0.3 is 15.2 Å². The number of aliphatic carboxylic acids is 1. The van der Waals surface area contributed by atoms with E-state index in [4.69, 9.17) is 4.74 Å². The lowest BCUT2D eigenvalue weighted by atomic mass is 9.97. The minimum absolute atomic E-state index is 0.00934. The number of benzene rings is 2. The Morgan fingerprint density at radius 1 is 1.07 bits per heavy atom. The summed E-state index contributed by atoms with van der Waals surface area (Å²) in [7, 11) is 0. The Labute approximate surface area is 172 Å². The van der Waals surface area contributed by atoms with Crippen molar-refractivity contribution >= 4 is 12.1 Å². The molecule has 1 heterocycles. The van der Waals surface area contributed by atoms with Gasteiger partial charge in [-0.1, -0.05) is 48.5 Å². The van der Waals surface area contributed by atoms with Gasteiger partial charge in [-0.3, -0.25) is 4.98 Å². The smallest absolute Gasteiger partial charge is 0.408 e. The summed E-state index contributed by atoms with van der Waals surface area (Å²) >= 11 is 0. The highest BCUT2D eigenvalue weighted by molar-refractivity contribution is 5.85. The number of aromatic nitrogens is 1. The number of pyridine rings is 1. The summed E-state index contributed by atoms with van der Waals surface area (Å²) in [5, 5.41) is 12.0. The van der Waals surface area contributed by atoms with Gasteiger partial charge in [0.05, 0.1) is 11.9 Å². The summed E-state index contributed by atoms with van der Waals surface area (Å²) in [5.74, 6) is -2.09. The van der Waals surface area contributed by atoms with Crippen molar-refractivity contribution in [3.63, 3.8) is 0 Å². The zero-order valence-corrected chi connectivity index (χ0v) is 16.1. The molecular formula is C23H19FN2O4. The minimum Gasteiger partial charge on any atom is -0.479 e. The molecule has 1 aromatic heterocycles. The monoisotopic (exact) mass is 406 g/mol. The number of nitrogens with zero attached hydrogens (tertiary/aromatic N) is 1. The molecule has 1 aliphatic carbocycles.